The summed E-state index contributed by atoms with van der Waals surface area (Å²) in [6.07, 6.45) is 6.20. The van der Waals surface area contributed by atoms with Crippen LogP contribution in [0.2, 0.25) is 0 Å². The molecule has 4 aliphatic rings. The molecular formula is C19H25N3O3S. The van der Waals surface area contributed by atoms with E-state index in [0.717, 1.165) is 21.9 Å². The van der Waals surface area contributed by atoms with Gasteiger partial charge in [0, 0.05) is 25.4 Å². The monoisotopic (exact) mass is 375 g/mol. The van der Waals surface area contributed by atoms with Crippen molar-refractivity contribution >= 4 is 21.6 Å². The molecule has 0 heterocycles. The van der Waals surface area contributed by atoms with Gasteiger partial charge in [-0.05, 0) is 74.0 Å². The highest BCUT2D eigenvalue weighted by Crippen LogP contribution is 2.52. The maximum absolute atomic E-state index is 12.5. The Bertz CT molecular complexity index is 831. The number of carbonyl (C=O) groups is 1. The van der Waals surface area contributed by atoms with Crippen molar-refractivity contribution in [3.8, 4) is 0 Å². The molecule has 26 heavy (non-hydrogen) atoms. The van der Waals surface area contributed by atoms with Gasteiger partial charge in [0.1, 0.15) is 0 Å². The highest BCUT2D eigenvalue weighted by Gasteiger charge is 2.46. The summed E-state index contributed by atoms with van der Waals surface area (Å²) in [5.41, 5.74) is 4.14. The second-order valence-corrected chi connectivity index (χ2v) is 10.2. The summed E-state index contributed by atoms with van der Waals surface area (Å²) in [5.74, 6) is 2.38. The molecule has 6 nitrogen and oxygen atoms in total. The van der Waals surface area contributed by atoms with Crippen molar-refractivity contribution < 1.29 is 13.2 Å². The average Bonchev–Trinajstić information content (AvgIpc) is 2.60. The predicted octanol–water partition coefficient (Wildman–Crippen LogP) is 2.48. The van der Waals surface area contributed by atoms with Crippen LogP contribution in [0.25, 0.3) is 0 Å². The zero-order valence-electron chi connectivity index (χ0n) is 15.2. The third-order valence-electron chi connectivity index (χ3n) is 6.14. The average molecular weight is 375 g/mol. The molecule has 0 spiro atoms. The Labute approximate surface area is 154 Å². The van der Waals surface area contributed by atoms with Crippen LogP contribution in [0.5, 0.6) is 0 Å². The number of benzene rings is 1. The number of hydrogen-bond donors (Lipinski definition) is 1. The van der Waals surface area contributed by atoms with Gasteiger partial charge in [-0.2, -0.15) is 5.10 Å². The Balaban J connectivity index is 1.51. The first-order valence-corrected chi connectivity index (χ1v) is 10.7. The SMILES string of the molecule is CN(C)S(=O)(=O)c1cccc(C(=O)NN=C2C3CC4CC(C3)CC2C4)c1. The van der Waals surface area contributed by atoms with Gasteiger partial charge in [-0.15, -0.1) is 0 Å². The van der Waals surface area contributed by atoms with Crippen LogP contribution in [0, 0.1) is 23.7 Å². The van der Waals surface area contributed by atoms with Crippen LogP contribution < -0.4 is 5.43 Å². The van der Waals surface area contributed by atoms with Gasteiger partial charge >= 0.3 is 0 Å². The maximum Gasteiger partial charge on any atom is 0.271 e. The van der Waals surface area contributed by atoms with Crippen molar-refractivity contribution in [1.29, 1.82) is 0 Å². The Kier molecular flexibility index (Phi) is 4.39. The fraction of sp³-hybridized carbons (Fsp3) is 0.579. The first-order valence-electron chi connectivity index (χ1n) is 9.25. The molecule has 1 N–H and O–H groups in total. The van der Waals surface area contributed by atoms with Gasteiger partial charge in [-0.1, -0.05) is 6.07 Å². The second kappa shape index (κ2) is 6.46. The number of carbonyl (C=O) groups excluding carboxylic acids is 1. The third-order valence-corrected chi connectivity index (χ3v) is 7.95. The fourth-order valence-electron chi connectivity index (χ4n) is 5.04. The van der Waals surface area contributed by atoms with E-state index in [0.29, 0.717) is 17.4 Å². The smallest absolute Gasteiger partial charge is 0.267 e. The van der Waals surface area contributed by atoms with Gasteiger partial charge in [-0.3, -0.25) is 4.79 Å². The number of hydrazone groups is 1. The molecule has 140 valence electrons. The fourth-order valence-corrected chi connectivity index (χ4v) is 5.99. The molecule has 1 aromatic carbocycles. The lowest BCUT2D eigenvalue weighted by atomic mass is 9.55. The van der Waals surface area contributed by atoms with E-state index >= 15 is 0 Å². The zero-order chi connectivity index (χ0) is 18.5. The minimum atomic E-state index is -3.56. The molecule has 5 rings (SSSR count). The van der Waals surface area contributed by atoms with Crippen molar-refractivity contribution in [3.63, 3.8) is 0 Å². The van der Waals surface area contributed by atoms with Crippen LogP contribution in [0.3, 0.4) is 0 Å². The normalized spacial score (nSPS) is 29.9. The molecule has 4 fully saturated rings. The van der Waals surface area contributed by atoms with Crippen molar-refractivity contribution in [3.05, 3.63) is 29.8 Å². The first-order chi connectivity index (χ1) is 12.3. The van der Waals surface area contributed by atoms with Gasteiger partial charge in [0.15, 0.2) is 0 Å². The van der Waals surface area contributed by atoms with Crippen LogP contribution in [0.15, 0.2) is 34.3 Å². The third kappa shape index (κ3) is 3.07. The number of nitrogens with one attached hydrogen (secondary N) is 1. The molecule has 0 radical (unpaired) electrons. The number of sulfonamides is 1. The molecule has 1 aromatic rings. The molecule has 0 aliphatic heterocycles. The number of nitrogens with zero attached hydrogens (tertiary/aromatic N) is 2. The maximum atomic E-state index is 12.5. The molecule has 0 atom stereocenters. The summed E-state index contributed by atoms with van der Waals surface area (Å²) in [6.45, 7) is 0. The van der Waals surface area contributed by atoms with Crippen LogP contribution in [0.4, 0.5) is 0 Å². The van der Waals surface area contributed by atoms with Crippen LogP contribution in [-0.2, 0) is 10.0 Å². The Morgan fingerprint density at radius 3 is 2.27 bits per heavy atom. The minimum absolute atomic E-state index is 0.109. The molecule has 4 saturated carbocycles. The minimum Gasteiger partial charge on any atom is -0.267 e. The Morgan fingerprint density at radius 1 is 1.08 bits per heavy atom. The highest BCUT2D eigenvalue weighted by atomic mass is 32.2. The summed E-state index contributed by atoms with van der Waals surface area (Å²) in [6, 6.07) is 6.10. The van der Waals surface area contributed by atoms with Crippen LogP contribution >= 0.6 is 0 Å². The molecule has 4 bridgehead atoms. The summed E-state index contributed by atoms with van der Waals surface area (Å²) in [7, 11) is -0.619. The van der Waals surface area contributed by atoms with E-state index in [9.17, 15) is 13.2 Å². The lowest BCUT2D eigenvalue weighted by Gasteiger charge is -2.50. The molecule has 1 amide bonds. The largest absolute Gasteiger partial charge is 0.271 e. The second-order valence-electron chi connectivity index (χ2n) is 8.10. The van der Waals surface area contributed by atoms with Crippen molar-refractivity contribution in [2.45, 2.75) is 37.0 Å². The van der Waals surface area contributed by atoms with E-state index < -0.39 is 10.0 Å². The zero-order valence-corrected chi connectivity index (χ0v) is 16.0. The highest BCUT2D eigenvalue weighted by molar-refractivity contribution is 7.89. The van der Waals surface area contributed by atoms with Crippen molar-refractivity contribution in [1.82, 2.24) is 9.73 Å². The van der Waals surface area contributed by atoms with Gasteiger partial charge in [0.05, 0.1) is 4.90 Å². The first kappa shape index (κ1) is 17.7. The summed E-state index contributed by atoms with van der Waals surface area (Å²) in [5, 5.41) is 4.48. The van der Waals surface area contributed by atoms with E-state index in [4.69, 9.17) is 0 Å². The van der Waals surface area contributed by atoms with E-state index in [1.807, 2.05) is 0 Å². The molecule has 4 aliphatic carbocycles. The summed E-state index contributed by atoms with van der Waals surface area (Å²) in [4.78, 5) is 12.6. The summed E-state index contributed by atoms with van der Waals surface area (Å²) < 4.78 is 25.6. The molecule has 0 aromatic heterocycles. The molecular weight excluding hydrogens is 350 g/mol. The van der Waals surface area contributed by atoms with Gasteiger partial charge in [0.25, 0.3) is 5.91 Å². The van der Waals surface area contributed by atoms with Gasteiger partial charge in [-0.25, -0.2) is 18.1 Å². The molecule has 0 unspecified atom stereocenters. The Hall–Kier alpha value is -1.73. The van der Waals surface area contributed by atoms with E-state index in [1.54, 1.807) is 12.1 Å². The molecule has 0 saturated heterocycles. The van der Waals surface area contributed by atoms with Crippen molar-refractivity contribution in [2.75, 3.05) is 14.1 Å². The lowest BCUT2D eigenvalue weighted by Crippen LogP contribution is -2.46. The van der Waals surface area contributed by atoms with Crippen LogP contribution in [-0.4, -0.2) is 38.4 Å². The van der Waals surface area contributed by atoms with Crippen molar-refractivity contribution in [2.24, 2.45) is 28.8 Å². The Morgan fingerprint density at radius 2 is 1.69 bits per heavy atom. The summed E-state index contributed by atoms with van der Waals surface area (Å²) >= 11 is 0. The number of hydrogen-bond acceptors (Lipinski definition) is 4. The van der Waals surface area contributed by atoms with E-state index in [2.05, 4.69) is 10.5 Å². The van der Waals surface area contributed by atoms with Gasteiger partial charge in [0.2, 0.25) is 10.0 Å². The standard InChI is InChI=1S/C19H25N3O3S/c1-22(2)26(24,25)17-5-3-4-14(11-17)19(23)21-20-18-15-7-12-6-13(9-15)10-16(18)8-12/h3-5,11-13,15-16H,6-10H2,1-2H3,(H,21,23). The number of amides is 1. The van der Waals surface area contributed by atoms with Gasteiger partial charge < -0.3 is 0 Å². The topological polar surface area (TPSA) is 78.8 Å². The van der Waals surface area contributed by atoms with Crippen LogP contribution in [0.1, 0.15) is 42.5 Å². The van der Waals surface area contributed by atoms with E-state index in [1.165, 1.54) is 58.3 Å². The quantitative estimate of drug-likeness (QED) is 0.821. The van der Waals surface area contributed by atoms with E-state index in [-0.39, 0.29) is 10.8 Å². The molecule has 7 heteroatoms. The number of rotatable bonds is 4. The lowest BCUT2D eigenvalue weighted by molar-refractivity contribution is 0.0942. The predicted molar refractivity (Wildman–Crippen MR) is 99.3 cm³/mol.